The van der Waals surface area contributed by atoms with E-state index in [-0.39, 0.29) is 16.2 Å². The Morgan fingerprint density at radius 3 is 2.68 bits per heavy atom. The van der Waals surface area contributed by atoms with Crippen LogP contribution in [0.4, 0.5) is 18.9 Å². The highest BCUT2D eigenvalue weighted by atomic mass is 35.5. The minimum absolute atomic E-state index is 0.0250. The predicted octanol–water partition coefficient (Wildman–Crippen LogP) is 4.79. The number of halogens is 4. The van der Waals surface area contributed by atoms with Gasteiger partial charge in [-0.2, -0.15) is 0 Å². The van der Waals surface area contributed by atoms with Crippen molar-refractivity contribution < 1.29 is 13.2 Å². The van der Waals surface area contributed by atoms with Crippen LogP contribution in [0.15, 0.2) is 18.2 Å². The second-order valence-corrected chi connectivity index (χ2v) is 4.51. The van der Waals surface area contributed by atoms with Crippen molar-refractivity contribution in [2.75, 3.05) is 11.9 Å². The maximum Gasteiger partial charge on any atom is 0.280 e. The van der Waals surface area contributed by atoms with Gasteiger partial charge in [-0.15, -0.1) is 0 Å². The molecule has 2 aromatic rings. The lowest BCUT2D eigenvalue weighted by molar-refractivity contribution is 0.146. The number of rotatable bonds is 4. The SMILES string of the molecule is CCCNc1cc(C(F)F)nc2c(Cl)cc(F)cc12. The molecular weight excluding hydrogens is 277 g/mol. The number of nitrogens with one attached hydrogen (secondary N) is 1. The second-order valence-electron chi connectivity index (χ2n) is 4.11. The summed E-state index contributed by atoms with van der Waals surface area (Å²) in [5.74, 6) is -0.524. The Hall–Kier alpha value is -1.49. The average molecular weight is 289 g/mol. The van der Waals surface area contributed by atoms with Crippen molar-refractivity contribution in [2.45, 2.75) is 19.8 Å². The van der Waals surface area contributed by atoms with Crippen molar-refractivity contribution in [3.05, 3.63) is 34.7 Å². The molecule has 1 aromatic heterocycles. The van der Waals surface area contributed by atoms with Crippen molar-refractivity contribution in [1.29, 1.82) is 0 Å². The number of nitrogens with zero attached hydrogens (tertiary/aromatic N) is 1. The predicted molar refractivity (Wildman–Crippen MR) is 70.4 cm³/mol. The van der Waals surface area contributed by atoms with Crippen LogP contribution in [0.3, 0.4) is 0 Å². The van der Waals surface area contributed by atoms with E-state index in [2.05, 4.69) is 10.3 Å². The molecule has 1 aromatic carbocycles. The van der Waals surface area contributed by atoms with Crippen LogP contribution < -0.4 is 5.32 Å². The van der Waals surface area contributed by atoms with Crippen LogP contribution in [0.2, 0.25) is 5.02 Å². The number of hydrogen-bond acceptors (Lipinski definition) is 2. The summed E-state index contributed by atoms with van der Waals surface area (Å²) in [5.41, 5.74) is 0.225. The van der Waals surface area contributed by atoms with Gasteiger partial charge in [-0.05, 0) is 24.6 Å². The van der Waals surface area contributed by atoms with Gasteiger partial charge in [-0.1, -0.05) is 18.5 Å². The normalized spacial score (nSPS) is 11.3. The summed E-state index contributed by atoms with van der Waals surface area (Å²) in [7, 11) is 0. The van der Waals surface area contributed by atoms with Crippen molar-refractivity contribution >= 4 is 28.2 Å². The van der Waals surface area contributed by atoms with Gasteiger partial charge in [0.1, 0.15) is 11.5 Å². The molecule has 0 atom stereocenters. The lowest BCUT2D eigenvalue weighted by Gasteiger charge is -2.12. The average Bonchev–Trinajstić information content (AvgIpc) is 2.35. The van der Waals surface area contributed by atoms with E-state index >= 15 is 0 Å². The minimum atomic E-state index is -2.70. The summed E-state index contributed by atoms with van der Waals surface area (Å²) in [6, 6.07) is 3.54. The summed E-state index contributed by atoms with van der Waals surface area (Å²) >= 11 is 5.87. The summed E-state index contributed by atoms with van der Waals surface area (Å²) in [6.45, 7) is 2.54. The van der Waals surface area contributed by atoms with E-state index in [4.69, 9.17) is 11.6 Å². The first-order valence-corrected chi connectivity index (χ1v) is 6.22. The Balaban J connectivity index is 2.67. The van der Waals surface area contributed by atoms with Crippen molar-refractivity contribution in [2.24, 2.45) is 0 Å². The molecule has 0 saturated carbocycles. The molecule has 0 unspecified atom stereocenters. The standard InChI is InChI=1S/C13H12ClF3N2/c1-2-3-18-10-6-11(13(16)17)19-12-8(10)4-7(15)5-9(12)14/h4-6,13H,2-3H2,1H3,(H,18,19). The van der Waals surface area contributed by atoms with Crippen LogP contribution in [0.5, 0.6) is 0 Å². The number of alkyl halides is 2. The molecule has 2 nitrogen and oxygen atoms in total. The Morgan fingerprint density at radius 2 is 2.05 bits per heavy atom. The van der Waals surface area contributed by atoms with E-state index in [9.17, 15) is 13.2 Å². The van der Waals surface area contributed by atoms with Gasteiger partial charge in [0.2, 0.25) is 0 Å². The largest absolute Gasteiger partial charge is 0.384 e. The summed E-state index contributed by atoms with van der Waals surface area (Å²) in [4.78, 5) is 3.80. The van der Waals surface area contributed by atoms with Crippen molar-refractivity contribution in [1.82, 2.24) is 4.98 Å². The molecule has 19 heavy (non-hydrogen) atoms. The molecule has 0 saturated heterocycles. The molecule has 0 radical (unpaired) electrons. The zero-order valence-electron chi connectivity index (χ0n) is 10.2. The molecular formula is C13H12ClF3N2. The number of anilines is 1. The molecule has 0 spiro atoms. The van der Waals surface area contributed by atoms with Crippen LogP contribution in [0.25, 0.3) is 10.9 Å². The van der Waals surface area contributed by atoms with Crippen LogP contribution in [0.1, 0.15) is 25.5 Å². The topological polar surface area (TPSA) is 24.9 Å². The fourth-order valence-electron chi connectivity index (χ4n) is 1.79. The molecule has 0 aliphatic rings. The first-order valence-electron chi connectivity index (χ1n) is 5.84. The third-order valence-corrected chi connectivity index (χ3v) is 2.93. The van der Waals surface area contributed by atoms with E-state index in [1.165, 1.54) is 12.1 Å². The quantitative estimate of drug-likeness (QED) is 0.875. The van der Waals surface area contributed by atoms with Gasteiger partial charge < -0.3 is 5.32 Å². The van der Waals surface area contributed by atoms with E-state index in [0.717, 1.165) is 12.5 Å². The number of benzene rings is 1. The summed E-state index contributed by atoms with van der Waals surface area (Å²) < 4.78 is 39.0. The van der Waals surface area contributed by atoms with E-state index < -0.39 is 12.2 Å². The molecule has 0 bridgehead atoms. The Labute approximate surface area is 113 Å². The molecule has 0 amide bonds. The Bertz CT molecular complexity index is 602. The fourth-order valence-corrected chi connectivity index (χ4v) is 2.04. The zero-order valence-corrected chi connectivity index (χ0v) is 10.9. The van der Waals surface area contributed by atoms with Crippen molar-refractivity contribution in [3.8, 4) is 0 Å². The Kier molecular flexibility index (Phi) is 4.14. The van der Waals surface area contributed by atoms with Gasteiger partial charge in [-0.3, -0.25) is 0 Å². The Morgan fingerprint density at radius 1 is 1.32 bits per heavy atom. The summed E-state index contributed by atoms with van der Waals surface area (Å²) in [6.07, 6.45) is -1.88. The lowest BCUT2D eigenvalue weighted by Crippen LogP contribution is -2.03. The van der Waals surface area contributed by atoms with Gasteiger partial charge >= 0.3 is 0 Å². The zero-order chi connectivity index (χ0) is 14.0. The minimum Gasteiger partial charge on any atom is -0.384 e. The van der Waals surface area contributed by atoms with Crippen LogP contribution in [0, 0.1) is 5.82 Å². The number of hydrogen-bond donors (Lipinski definition) is 1. The lowest BCUT2D eigenvalue weighted by atomic mass is 10.1. The molecule has 1 N–H and O–H groups in total. The molecule has 2 rings (SSSR count). The van der Waals surface area contributed by atoms with Gasteiger partial charge in [0.15, 0.2) is 0 Å². The molecule has 0 fully saturated rings. The number of fused-ring (bicyclic) bond motifs is 1. The van der Waals surface area contributed by atoms with E-state index in [0.29, 0.717) is 17.6 Å². The van der Waals surface area contributed by atoms with Gasteiger partial charge in [0.05, 0.1) is 10.5 Å². The molecule has 0 aliphatic carbocycles. The molecule has 1 heterocycles. The molecule has 6 heteroatoms. The third kappa shape index (κ3) is 2.92. The highest BCUT2D eigenvalue weighted by molar-refractivity contribution is 6.35. The van der Waals surface area contributed by atoms with Gasteiger partial charge in [0.25, 0.3) is 6.43 Å². The van der Waals surface area contributed by atoms with Crippen molar-refractivity contribution in [3.63, 3.8) is 0 Å². The van der Waals surface area contributed by atoms with Gasteiger partial charge in [-0.25, -0.2) is 18.2 Å². The first kappa shape index (κ1) is 13.9. The fraction of sp³-hybridized carbons (Fsp3) is 0.308. The smallest absolute Gasteiger partial charge is 0.280 e. The highest BCUT2D eigenvalue weighted by Gasteiger charge is 2.15. The maximum absolute atomic E-state index is 13.4. The number of pyridine rings is 1. The van der Waals surface area contributed by atoms with E-state index in [1.54, 1.807) is 0 Å². The third-order valence-electron chi connectivity index (χ3n) is 2.64. The van der Waals surface area contributed by atoms with Crippen LogP contribution in [-0.4, -0.2) is 11.5 Å². The van der Waals surface area contributed by atoms with Crippen LogP contribution in [-0.2, 0) is 0 Å². The van der Waals surface area contributed by atoms with Crippen LogP contribution >= 0.6 is 11.6 Å². The van der Waals surface area contributed by atoms with E-state index in [1.807, 2.05) is 6.92 Å². The molecule has 102 valence electrons. The maximum atomic E-state index is 13.4. The second kappa shape index (κ2) is 5.65. The highest BCUT2D eigenvalue weighted by Crippen LogP contribution is 2.32. The monoisotopic (exact) mass is 288 g/mol. The summed E-state index contributed by atoms with van der Waals surface area (Å²) in [5, 5.41) is 3.42. The van der Waals surface area contributed by atoms with Gasteiger partial charge in [0, 0.05) is 17.6 Å². The first-order chi connectivity index (χ1) is 9.02. The molecule has 0 aliphatic heterocycles. The number of aromatic nitrogens is 1.